The Kier molecular flexibility index (Phi) is 6.46. The van der Waals surface area contributed by atoms with Crippen molar-refractivity contribution >= 4 is 18.4 Å². The predicted molar refractivity (Wildman–Crippen MR) is 82.1 cm³/mol. The quantitative estimate of drug-likeness (QED) is 0.868. The molecule has 2 atom stereocenters. The summed E-state index contributed by atoms with van der Waals surface area (Å²) in [6, 6.07) is 7.95. The minimum absolute atomic E-state index is 0. The number of benzene rings is 1. The number of nitrogens with two attached hydrogens (primary N) is 1. The highest BCUT2D eigenvalue weighted by molar-refractivity contribution is 5.89. The number of halogens is 1. The van der Waals surface area contributed by atoms with Crippen molar-refractivity contribution in [3.8, 4) is 0 Å². The number of hydrogen-bond acceptors (Lipinski definition) is 4. The van der Waals surface area contributed by atoms with Crippen molar-refractivity contribution in [1.29, 1.82) is 0 Å². The van der Waals surface area contributed by atoms with E-state index in [4.69, 9.17) is 5.73 Å². The maximum absolute atomic E-state index is 11.3. The van der Waals surface area contributed by atoms with Crippen molar-refractivity contribution < 1.29 is 9.53 Å². The molecule has 0 bridgehead atoms. The van der Waals surface area contributed by atoms with E-state index in [1.807, 2.05) is 24.3 Å². The highest BCUT2D eigenvalue weighted by Gasteiger charge is 2.22. The van der Waals surface area contributed by atoms with Crippen molar-refractivity contribution in [2.24, 2.45) is 11.7 Å². The average Bonchev–Trinajstić information content (AvgIpc) is 2.43. The predicted octanol–water partition coefficient (Wildman–Crippen LogP) is 2.06. The van der Waals surface area contributed by atoms with Gasteiger partial charge < -0.3 is 10.5 Å². The molecule has 0 saturated carbocycles. The van der Waals surface area contributed by atoms with Crippen molar-refractivity contribution in [1.82, 2.24) is 4.90 Å². The van der Waals surface area contributed by atoms with E-state index in [-0.39, 0.29) is 18.4 Å². The number of esters is 1. The second-order valence-corrected chi connectivity index (χ2v) is 5.35. The molecule has 1 aromatic rings. The highest BCUT2D eigenvalue weighted by atomic mass is 35.5. The maximum Gasteiger partial charge on any atom is 0.337 e. The van der Waals surface area contributed by atoms with Crippen LogP contribution in [0, 0.1) is 5.92 Å². The molecule has 0 aromatic heterocycles. The minimum atomic E-state index is -0.288. The number of methoxy groups -OCH3 is 1. The monoisotopic (exact) mass is 298 g/mol. The van der Waals surface area contributed by atoms with Gasteiger partial charge in [0.1, 0.15) is 0 Å². The van der Waals surface area contributed by atoms with Crippen LogP contribution in [-0.4, -0.2) is 37.1 Å². The second-order valence-electron chi connectivity index (χ2n) is 5.35. The second kappa shape index (κ2) is 7.62. The third-order valence-corrected chi connectivity index (χ3v) is 3.84. The Labute approximate surface area is 126 Å². The molecule has 1 aromatic carbocycles. The molecule has 1 saturated heterocycles. The van der Waals surface area contributed by atoms with E-state index in [0.29, 0.717) is 17.5 Å². The van der Waals surface area contributed by atoms with E-state index in [9.17, 15) is 4.79 Å². The van der Waals surface area contributed by atoms with E-state index in [1.165, 1.54) is 12.7 Å². The Balaban J connectivity index is 0.00000200. The van der Waals surface area contributed by atoms with Gasteiger partial charge in [-0.05, 0) is 36.6 Å². The third kappa shape index (κ3) is 4.20. The van der Waals surface area contributed by atoms with E-state index < -0.39 is 0 Å². The van der Waals surface area contributed by atoms with Crippen molar-refractivity contribution in [3.63, 3.8) is 0 Å². The molecule has 5 heteroatoms. The zero-order valence-corrected chi connectivity index (χ0v) is 12.9. The van der Waals surface area contributed by atoms with Gasteiger partial charge in [-0.1, -0.05) is 19.1 Å². The van der Waals surface area contributed by atoms with E-state index >= 15 is 0 Å². The molecule has 1 aliphatic rings. The molecule has 0 amide bonds. The normalized spacial score (nSPS) is 22.9. The summed E-state index contributed by atoms with van der Waals surface area (Å²) in [7, 11) is 1.40. The van der Waals surface area contributed by atoms with Gasteiger partial charge in [0, 0.05) is 19.1 Å². The number of piperidine rings is 1. The molecule has 20 heavy (non-hydrogen) atoms. The standard InChI is InChI=1S/C15H22N2O2.ClH/c1-11-9-17(8-7-14(11)16)10-12-3-5-13(6-4-12)15(18)19-2;/h3-6,11,14H,7-10,16H2,1-2H3;1H. The lowest BCUT2D eigenvalue weighted by molar-refractivity contribution is 0.0600. The summed E-state index contributed by atoms with van der Waals surface area (Å²) in [6.07, 6.45) is 1.06. The van der Waals surface area contributed by atoms with Crippen LogP contribution in [0.2, 0.25) is 0 Å². The van der Waals surface area contributed by atoms with Crippen LogP contribution >= 0.6 is 12.4 Å². The first-order chi connectivity index (χ1) is 9.10. The van der Waals surface area contributed by atoms with Crippen LogP contribution in [0.3, 0.4) is 0 Å². The van der Waals surface area contributed by atoms with Gasteiger partial charge in [0.05, 0.1) is 12.7 Å². The fourth-order valence-electron chi connectivity index (χ4n) is 2.52. The van der Waals surface area contributed by atoms with Gasteiger partial charge in [-0.25, -0.2) is 4.79 Å². The molecule has 1 aliphatic heterocycles. The van der Waals surface area contributed by atoms with Crippen LogP contribution in [0.1, 0.15) is 29.3 Å². The molecule has 2 rings (SSSR count). The van der Waals surface area contributed by atoms with Gasteiger partial charge in [0.25, 0.3) is 0 Å². The fourth-order valence-corrected chi connectivity index (χ4v) is 2.52. The minimum Gasteiger partial charge on any atom is -0.465 e. The number of likely N-dealkylation sites (tertiary alicyclic amines) is 1. The summed E-state index contributed by atoms with van der Waals surface area (Å²) in [5.74, 6) is 0.257. The first-order valence-corrected chi connectivity index (χ1v) is 6.75. The van der Waals surface area contributed by atoms with Crippen molar-refractivity contribution in [3.05, 3.63) is 35.4 Å². The summed E-state index contributed by atoms with van der Waals surface area (Å²) in [5.41, 5.74) is 7.84. The zero-order valence-electron chi connectivity index (χ0n) is 12.0. The largest absolute Gasteiger partial charge is 0.465 e. The third-order valence-electron chi connectivity index (χ3n) is 3.84. The van der Waals surface area contributed by atoms with Crippen LogP contribution in [0.25, 0.3) is 0 Å². The number of carbonyl (C=O) groups is 1. The Morgan fingerprint density at radius 1 is 1.40 bits per heavy atom. The average molecular weight is 299 g/mol. The van der Waals surface area contributed by atoms with Gasteiger partial charge in [-0.15, -0.1) is 12.4 Å². The molecule has 0 radical (unpaired) electrons. The smallest absolute Gasteiger partial charge is 0.337 e. The van der Waals surface area contributed by atoms with E-state index in [2.05, 4.69) is 16.6 Å². The molecule has 4 nitrogen and oxygen atoms in total. The zero-order chi connectivity index (χ0) is 13.8. The fraction of sp³-hybridized carbons (Fsp3) is 0.533. The maximum atomic E-state index is 11.3. The summed E-state index contributed by atoms with van der Waals surface area (Å²) in [4.78, 5) is 13.8. The Bertz CT molecular complexity index is 436. The van der Waals surface area contributed by atoms with Crippen LogP contribution in [0.15, 0.2) is 24.3 Å². The number of carbonyl (C=O) groups excluding carboxylic acids is 1. The number of nitrogens with zero attached hydrogens (tertiary/aromatic N) is 1. The molecule has 0 spiro atoms. The Morgan fingerprint density at radius 3 is 2.60 bits per heavy atom. The SMILES string of the molecule is COC(=O)c1ccc(CN2CCC(N)C(C)C2)cc1.Cl. The van der Waals surface area contributed by atoms with Gasteiger partial charge in [-0.2, -0.15) is 0 Å². The lowest BCUT2D eigenvalue weighted by atomic mass is 9.94. The summed E-state index contributed by atoms with van der Waals surface area (Å²) in [5, 5.41) is 0. The summed E-state index contributed by atoms with van der Waals surface area (Å²) in [6.45, 7) is 5.21. The van der Waals surface area contributed by atoms with Crippen LogP contribution < -0.4 is 5.73 Å². The molecule has 0 aliphatic carbocycles. The molecule has 1 heterocycles. The number of ether oxygens (including phenoxy) is 1. The topological polar surface area (TPSA) is 55.6 Å². The van der Waals surface area contributed by atoms with E-state index in [0.717, 1.165) is 26.1 Å². The highest BCUT2D eigenvalue weighted by Crippen LogP contribution is 2.17. The first kappa shape index (κ1) is 17.0. The Morgan fingerprint density at radius 2 is 2.05 bits per heavy atom. The van der Waals surface area contributed by atoms with Crippen LogP contribution in [0.5, 0.6) is 0 Å². The number of rotatable bonds is 3. The lowest BCUT2D eigenvalue weighted by Gasteiger charge is -2.35. The molecule has 112 valence electrons. The van der Waals surface area contributed by atoms with E-state index in [1.54, 1.807) is 0 Å². The summed E-state index contributed by atoms with van der Waals surface area (Å²) < 4.78 is 4.69. The number of hydrogen-bond donors (Lipinski definition) is 1. The molecule has 2 N–H and O–H groups in total. The van der Waals surface area contributed by atoms with Gasteiger partial charge >= 0.3 is 5.97 Å². The van der Waals surface area contributed by atoms with Gasteiger partial charge in [0.15, 0.2) is 0 Å². The lowest BCUT2D eigenvalue weighted by Crippen LogP contribution is -2.45. The Hall–Kier alpha value is -1.10. The molecule has 1 fully saturated rings. The van der Waals surface area contributed by atoms with Gasteiger partial charge in [0.2, 0.25) is 0 Å². The van der Waals surface area contributed by atoms with Crippen molar-refractivity contribution in [2.45, 2.75) is 25.9 Å². The first-order valence-electron chi connectivity index (χ1n) is 6.75. The van der Waals surface area contributed by atoms with Crippen LogP contribution in [-0.2, 0) is 11.3 Å². The molecule has 2 unspecified atom stereocenters. The van der Waals surface area contributed by atoms with Gasteiger partial charge in [-0.3, -0.25) is 4.90 Å². The van der Waals surface area contributed by atoms with Crippen molar-refractivity contribution in [2.75, 3.05) is 20.2 Å². The molecular formula is C15H23ClN2O2. The summed E-state index contributed by atoms with van der Waals surface area (Å²) >= 11 is 0. The molecular weight excluding hydrogens is 276 g/mol. The van der Waals surface area contributed by atoms with Crippen LogP contribution in [0.4, 0.5) is 0 Å².